The first-order valence-electron chi connectivity index (χ1n) is 11.4. The molecule has 174 valence electrons. The Morgan fingerprint density at radius 1 is 1.06 bits per heavy atom. The van der Waals surface area contributed by atoms with Crippen LogP contribution in [0.25, 0.3) is 11.3 Å². The van der Waals surface area contributed by atoms with Crippen LogP contribution in [-0.2, 0) is 6.54 Å². The van der Waals surface area contributed by atoms with Gasteiger partial charge in [0.1, 0.15) is 11.4 Å². The lowest BCUT2D eigenvalue weighted by molar-refractivity contribution is 0.0732. The minimum Gasteiger partial charge on any atom is -0.497 e. The second-order valence-electron chi connectivity index (χ2n) is 8.64. The predicted octanol–water partition coefficient (Wildman–Crippen LogP) is 4.15. The van der Waals surface area contributed by atoms with Gasteiger partial charge in [-0.15, -0.1) is 0 Å². The van der Waals surface area contributed by atoms with Gasteiger partial charge in [0.15, 0.2) is 0 Å². The second-order valence-corrected chi connectivity index (χ2v) is 8.64. The van der Waals surface area contributed by atoms with E-state index in [1.54, 1.807) is 13.2 Å². The molecule has 0 saturated carbocycles. The van der Waals surface area contributed by atoms with Crippen molar-refractivity contribution < 1.29 is 14.1 Å². The lowest BCUT2D eigenvalue weighted by Gasteiger charge is -2.26. The molecule has 1 amide bonds. The van der Waals surface area contributed by atoms with Crippen LogP contribution in [-0.4, -0.2) is 68.2 Å². The van der Waals surface area contributed by atoms with E-state index in [4.69, 9.17) is 9.26 Å². The van der Waals surface area contributed by atoms with E-state index in [0.29, 0.717) is 24.4 Å². The summed E-state index contributed by atoms with van der Waals surface area (Å²) in [6.45, 7) is 3.64. The van der Waals surface area contributed by atoms with Gasteiger partial charge in [-0.05, 0) is 45.1 Å². The van der Waals surface area contributed by atoms with Crippen LogP contribution in [0.2, 0.25) is 0 Å². The van der Waals surface area contributed by atoms with E-state index in [1.807, 2.05) is 67.5 Å². The minimum absolute atomic E-state index is 0.0386. The van der Waals surface area contributed by atoms with Crippen LogP contribution in [0.3, 0.4) is 0 Å². The molecule has 1 aromatic heterocycles. The SMILES string of the molecule is COc1cccc(C(=O)N(CCN(C)C)Cc2c(-c3ccccc3)noc2N2CCCC2)c1. The topological polar surface area (TPSA) is 62.1 Å². The minimum atomic E-state index is -0.0386. The lowest BCUT2D eigenvalue weighted by Crippen LogP contribution is -2.36. The van der Waals surface area contributed by atoms with E-state index in [-0.39, 0.29) is 5.91 Å². The average Bonchev–Trinajstić information content (AvgIpc) is 3.51. The molecule has 1 fully saturated rings. The van der Waals surface area contributed by atoms with Crippen LogP contribution in [0.1, 0.15) is 28.8 Å². The van der Waals surface area contributed by atoms with E-state index in [2.05, 4.69) is 15.0 Å². The number of nitrogens with zero attached hydrogens (tertiary/aromatic N) is 4. The Labute approximate surface area is 195 Å². The van der Waals surface area contributed by atoms with Gasteiger partial charge in [-0.25, -0.2) is 0 Å². The summed E-state index contributed by atoms with van der Waals surface area (Å²) in [7, 11) is 5.64. The number of carbonyl (C=O) groups excluding carboxylic acids is 1. The Hall–Kier alpha value is -3.32. The van der Waals surface area contributed by atoms with Crippen molar-refractivity contribution >= 4 is 11.8 Å². The zero-order valence-electron chi connectivity index (χ0n) is 19.7. The number of hydrogen-bond donors (Lipinski definition) is 0. The van der Waals surface area contributed by atoms with Gasteiger partial charge < -0.3 is 24.0 Å². The van der Waals surface area contributed by atoms with E-state index < -0.39 is 0 Å². The molecule has 2 heterocycles. The third-order valence-corrected chi connectivity index (χ3v) is 5.98. The molecule has 0 atom stereocenters. The Morgan fingerprint density at radius 2 is 1.82 bits per heavy atom. The van der Waals surface area contributed by atoms with E-state index in [1.165, 1.54) is 0 Å². The van der Waals surface area contributed by atoms with Crippen molar-refractivity contribution in [3.63, 3.8) is 0 Å². The highest BCUT2D eigenvalue weighted by atomic mass is 16.5. The average molecular weight is 449 g/mol. The summed E-state index contributed by atoms with van der Waals surface area (Å²) in [6.07, 6.45) is 2.27. The van der Waals surface area contributed by atoms with E-state index in [9.17, 15) is 4.79 Å². The molecule has 3 aromatic rings. The number of carbonyl (C=O) groups is 1. The lowest BCUT2D eigenvalue weighted by atomic mass is 10.1. The maximum Gasteiger partial charge on any atom is 0.254 e. The van der Waals surface area contributed by atoms with Crippen LogP contribution in [0.15, 0.2) is 59.1 Å². The highest BCUT2D eigenvalue weighted by Gasteiger charge is 2.28. The zero-order valence-corrected chi connectivity index (χ0v) is 19.7. The molecule has 4 rings (SSSR count). The van der Waals surface area contributed by atoms with Crippen LogP contribution in [0, 0.1) is 0 Å². The summed E-state index contributed by atoms with van der Waals surface area (Å²) in [5.74, 6) is 1.41. The maximum atomic E-state index is 13.6. The second kappa shape index (κ2) is 10.5. The van der Waals surface area contributed by atoms with Crippen molar-refractivity contribution in [2.75, 3.05) is 52.3 Å². The highest BCUT2D eigenvalue weighted by molar-refractivity contribution is 5.94. The van der Waals surface area contributed by atoms with Crippen molar-refractivity contribution in [1.29, 1.82) is 0 Å². The summed E-state index contributed by atoms with van der Waals surface area (Å²) in [6, 6.07) is 17.4. The van der Waals surface area contributed by atoms with Gasteiger partial charge >= 0.3 is 0 Å². The zero-order chi connectivity index (χ0) is 23.2. The summed E-state index contributed by atoms with van der Waals surface area (Å²) in [4.78, 5) is 19.8. The fourth-order valence-corrected chi connectivity index (χ4v) is 4.14. The largest absolute Gasteiger partial charge is 0.497 e. The van der Waals surface area contributed by atoms with Crippen molar-refractivity contribution in [3.05, 3.63) is 65.7 Å². The number of amides is 1. The van der Waals surface area contributed by atoms with Crippen molar-refractivity contribution in [2.45, 2.75) is 19.4 Å². The third-order valence-electron chi connectivity index (χ3n) is 5.98. The quantitative estimate of drug-likeness (QED) is 0.490. The molecular formula is C26H32N4O3. The molecule has 2 aromatic carbocycles. The molecule has 1 saturated heterocycles. The highest BCUT2D eigenvalue weighted by Crippen LogP contribution is 2.34. The summed E-state index contributed by atoms with van der Waals surface area (Å²) >= 11 is 0. The Balaban J connectivity index is 1.71. The fourth-order valence-electron chi connectivity index (χ4n) is 4.14. The molecule has 7 nitrogen and oxygen atoms in total. The number of ether oxygens (including phenoxy) is 1. The fraction of sp³-hybridized carbons (Fsp3) is 0.385. The molecule has 7 heteroatoms. The molecule has 33 heavy (non-hydrogen) atoms. The number of methoxy groups -OCH3 is 1. The van der Waals surface area contributed by atoms with Gasteiger partial charge in [0, 0.05) is 37.3 Å². The normalized spacial score (nSPS) is 13.5. The smallest absolute Gasteiger partial charge is 0.254 e. The first kappa shape index (κ1) is 22.9. The van der Waals surface area contributed by atoms with Gasteiger partial charge in [-0.3, -0.25) is 4.79 Å². The summed E-state index contributed by atoms with van der Waals surface area (Å²) in [5, 5.41) is 4.45. The first-order valence-corrected chi connectivity index (χ1v) is 11.4. The molecule has 1 aliphatic heterocycles. The Kier molecular flexibility index (Phi) is 7.29. The van der Waals surface area contributed by atoms with Gasteiger partial charge in [0.25, 0.3) is 5.91 Å². The number of anilines is 1. The first-order chi connectivity index (χ1) is 16.1. The van der Waals surface area contributed by atoms with Gasteiger partial charge in [0.05, 0.1) is 19.2 Å². The molecule has 0 unspecified atom stereocenters. The number of hydrogen-bond acceptors (Lipinski definition) is 6. The van der Waals surface area contributed by atoms with Crippen LogP contribution < -0.4 is 9.64 Å². The standard InChI is InChI=1S/C26H32N4O3/c1-28(2)16-17-30(25(31)21-12-9-13-22(18-21)32-3)19-23-24(20-10-5-4-6-11-20)27-33-26(23)29-14-7-8-15-29/h4-6,9-13,18H,7-8,14-17,19H2,1-3H3. The van der Waals surface area contributed by atoms with Gasteiger partial charge in [0.2, 0.25) is 5.88 Å². The van der Waals surface area contributed by atoms with Gasteiger partial charge in [-0.1, -0.05) is 41.6 Å². The molecule has 0 aliphatic carbocycles. The number of aromatic nitrogens is 1. The summed E-state index contributed by atoms with van der Waals surface area (Å²) in [5.41, 5.74) is 3.35. The molecule has 0 bridgehead atoms. The van der Waals surface area contributed by atoms with Crippen LogP contribution >= 0.6 is 0 Å². The van der Waals surface area contributed by atoms with Crippen molar-refractivity contribution in [3.8, 4) is 17.0 Å². The number of rotatable bonds is 9. The molecule has 0 N–H and O–H groups in total. The monoisotopic (exact) mass is 448 g/mol. The Morgan fingerprint density at radius 3 is 2.52 bits per heavy atom. The summed E-state index contributed by atoms with van der Waals surface area (Å²) < 4.78 is 11.2. The number of benzene rings is 2. The third kappa shape index (κ3) is 5.37. The molecular weight excluding hydrogens is 416 g/mol. The molecule has 0 radical (unpaired) electrons. The van der Waals surface area contributed by atoms with E-state index >= 15 is 0 Å². The number of likely N-dealkylation sites (N-methyl/N-ethyl adjacent to an activating group) is 1. The van der Waals surface area contributed by atoms with Crippen molar-refractivity contribution in [2.24, 2.45) is 0 Å². The van der Waals surface area contributed by atoms with Gasteiger partial charge in [-0.2, -0.15) is 0 Å². The van der Waals surface area contributed by atoms with Crippen molar-refractivity contribution in [1.82, 2.24) is 15.0 Å². The molecule has 0 spiro atoms. The predicted molar refractivity (Wildman–Crippen MR) is 130 cm³/mol. The van der Waals surface area contributed by atoms with Crippen LogP contribution in [0.5, 0.6) is 5.75 Å². The maximum absolute atomic E-state index is 13.6. The van der Waals surface area contributed by atoms with E-state index in [0.717, 1.165) is 55.2 Å². The van der Waals surface area contributed by atoms with Crippen LogP contribution in [0.4, 0.5) is 5.88 Å². The Bertz CT molecular complexity index is 1060. The molecule has 1 aliphatic rings.